The van der Waals surface area contributed by atoms with Crippen molar-refractivity contribution in [2.75, 3.05) is 6.61 Å². The summed E-state index contributed by atoms with van der Waals surface area (Å²) in [5, 5.41) is 17.7. The van der Waals surface area contributed by atoms with Crippen molar-refractivity contribution >= 4 is 5.69 Å². The zero-order valence-corrected chi connectivity index (χ0v) is 11.6. The van der Waals surface area contributed by atoms with Crippen molar-refractivity contribution in [3.8, 4) is 0 Å². The highest BCUT2D eigenvalue weighted by Crippen LogP contribution is 2.21. The molecule has 0 amide bonds. The number of rotatable bonds is 5. The Balaban J connectivity index is 2.12. The lowest BCUT2D eigenvalue weighted by Gasteiger charge is -2.21. The van der Waals surface area contributed by atoms with Gasteiger partial charge in [0.15, 0.2) is 0 Å². The van der Waals surface area contributed by atoms with Gasteiger partial charge in [-0.3, -0.25) is 0 Å². The molecule has 0 fully saturated rings. The van der Waals surface area contributed by atoms with Crippen LogP contribution in [0.25, 0.3) is 0 Å². The van der Waals surface area contributed by atoms with Gasteiger partial charge in [-0.05, 0) is 48.9 Å². The van der Waals surface area contributed by atoms with Crippen molar-refractivity contribution < 1.29 is 13.9 Å². The fourth-order valence-electron chi connectivity index (χ4n) is 1.85. The van der Waals surface area contributed by atoms with E-state index >= 15 is 0 Å². The Hall–Kier alpha value is -2.14. The lowest BCUT2D eigenvalue weighted by molar-refractivity contribution is 0.204. The first kappa shape index (κ1) is 15.3. The van der Waals surface area contributed by atoms with Crippen molar-refractivity contribution in [3.63, 3.8) is 0 Å². The SMILES string of the molecule is C[C@@](CO)(Cc1ccc(F)cc1)N=Nc1ccc(F)cc1. The third-order valence-corrected chi connectivity index (χ3v) is 3.07. The Morgan fingerprint density at radius 1 is 0.952 bits per heavy atom. The summed E-state index contributed by atoms with van der Waals surface area (Å²) < 4.78 is 25.7. The Morgan fingerprint density at radius 2 is 1.48 bits per heavy atom. The molecule has 0 spiro atoms. The summed E-state index contributed by atoms with van der Waals surface area (Å²) >= 11 is 0. The van der Waals surface area contributed by atoms with Crippen molar-refractivity contribution in [3.05, 3.63) is 65.7 Å². The summed E-state index contributed by atoms with van der Waals surface area (Å²) in [4.78, 5) is 0. The van der Waals surface area contributed by atoms with Crippen LogP contribution in [0, 0.1) is 11.6 Å². The lowest BCUT2D eigenvalue weighted by Crippen LogP contribution is -2.29. The molecule has 0 saturated carbocycles. The van der Waals surface area contributed by atoms with Gasteiger partial charge in [0.2, 0.25) is 0 Å². The molecule has 0 saturated heterocycles. The van der Waals surface area contributed by atoms with Gasteiger partial charge >= 0.3 is 0 Å². The van der Waals surface area contributed by atoms with Crippen LogP contribution in [0.15, 0.2) is 58.8 Å². The second-order valence-corrected chi connectivity index (χ2v) is 5.13. The number of hydrogen-bond donors (Lipinski definition) is 1. The molecule has 3 nitrogen and oxygen atoms in total. The van der Waals surface area contributed by atoms with Crippen molar-refractivity contribution in [1.82, 2.24) is 0 Å². The highest BCUT2D eigenvalue weighted by molar-refractivity contribution is 5.35. The molecule has 0 radical (unpaired) electrons. The van der Waals surface area contributed by atoms with Crippen LogP contribution in [0.1, 0.15) is 12.5 Å². The maximum absolute atomic E-state index is 12.9. The molecule has 0 aliphatic carbocycles. The Kier molecular flexibility index (Phi) is 4.75. The van der Waals surface area contributed by atoms with Gasteiger partial charge < -0.3 is 5.11 Å². The normalized spacial score (nSPS) is 14.3. The van der Waals surface area contributed by atoms with Crippen molar-refractivity contribution in [2.24, 2.45) is 10.2 Å². The van der Waals surface area contributed by atoms with Crippen LogP contribution in [-0.2, 0) is 6.42 Å². The minimum atomic E-state index is -0.813. The van der Waals surface area contributed by atoms with Crippen LogP contribution in [0.2, 0.25) is 0 Å². The van der Waals surface area contributed by atoms with Crippen molar-refractivity contribution in [2.45, 2.75) is 18.9 Å². The standard InChI is InChI=1S/C16H16F2N2O/c1-16(11-21,10-12-2-4-13(17)5-3-12)20-19-15-8-6-14(18)7-9-15/h2-9,21H,10-11H2,1H3/t16-/m0/s1. The minimum absolute atomic E-state index is 0.199. The largest absolute Gasteiger partial charge is 0.394 e. The molecule has 21 heavy (non-hydrogen) atoms. The summed E-state index contributed by atoms with van der Waals surface area (Å²) in [5.41, 5.74) is 0.549. The number of hydrogen-bond acceptors (Lipinski definition) is 3. The molecule has 0 aromatic heterocycles. The molecule has 110 valence electrons. The van der Waals surface area contributed by atoms with E-state index in [1.807, 2.05) is 0 Å². The topological polar surface area (TPSA) is 45.0 Å². The second kappa shape index (κ2) is 6.54. The molecule has 2 aromatic carbocycles. The van der Waals surface area contributed by atoms with E-state index in [-0.39, 0.29) is 18.2 Å². The van der Waals surface area contributed by atoms with E-state index in [0.29, 0.717) is 12.1 Å². The van der Waals surface area contributed by atoms with Gasteiger partial charge in [0.05, 0.1) is 12.3 Å². The average Bonchev–Trinajstić information content (AvgIpc) is 2.49. The summed E-state index contributed by atoms with van der Waals surface area (Å²) in [5.74, 6) is -0.650. The maximum atomic E-state index is 12.9. The van der Waals surface area contributed by atoms with Gasteiger partial charge in [0.1, 0.15) is 17.2 Å². The van der Waals surface area contributed by atoms with Crippen LogP contribution in [-0.4, -0.2) is 17.3 Å². The maximum Gasteiger partial charge on any atom is 0.123 e. The molecule has 2 aromatic rings. The molecular weight excluding hydrogens is 274 g/mol. The van der Waals surface area contributed by atoms with E-state index in [1.165, 1.54) is 36.4 Å². The lowest BCUT2D eigenvalue weighted by atomic mass is 9.95. The van der Waals surface area contributed by atoms with Gasteiger partial charge in [0.25, 0.3) is 0 Å². The molecule has 1 atom stereocenters. The first-order valence-corrected chi connectivity index (χ1v) is 6.54. The van der Waals surface area contributed by atoms with Crippen molar-refractivity contribution in [1.29, 1.82) is 0 Å². The molecule has 0 aliphatic rings. The van der Waals surface area contributed by atoms with Crippen LogP contribution in [0.3, 0.4) is 0 Å². The average molecular weight is 290 g/mol. The number of azo groups is 1. The molecule has 0 heterocycles. The molecule has 5 heteroatoms. The zero-order valence-electron chi connectivity index (χ0n) is 11.6. The summed E-state index contributed by atoms with van der Waals surface area (Å²) in [6.45, 7) is 1.55. The molecule has 0 bridgehead atoms. The molecule has 2 rings (SSSR count). The minimum Gasteiger partial charge on any atom is -0.394 e. The van der Waals surface area contributed by atoms with E-state index in [0.717, 1.165) is 5.56 Å². The highest BCUT2D eigenvalue weighted by Gasteiger charge is 2.23. The monoisotopic (exact) mass is 290 g/mol. The van der Waals surface area contributed by atoms with Gasteiger partial charge in [-0.1, -0.05) is 12.1 Å². The van der Waals surface area contributed by atoms with E-state index in [9.17, 15) is 13.9 Å². The zero-order chi connectivity index (χ0) is 15.3. The third-order valence-electron chi connectivity index (χ3n) is 3.07. The number of halogens is 2. The van der Waals surface area contributed by atoms with E-state index < -0.39 is 5.54 Å². The number of benzene rings is 2. The summed E-state index contributed by atoms with van der Waals surface area (Å²) in [6, 6.07) is 11.6. The predicted octanol–water partition coefficient (Wildman–Crippen LogP) is 4.04. The van der Waals surface area contributed by atoms with E-state index in [4.69, 9.17) is 0 Å². The predicted molar refractivity (Wildman–Crippen MR) is 76.5 cm³/mol. The number of aliphatic hydroxyl groups excluding tert-OH is 1. The van der Waals surface area contributed by atoms with E-state index in [1.54, 1.807) is 19.1 Å². The fourth-order valence-corrected chi connectivity index (χ4v) is 1.85. The Morgan fingerprint density at radius 3 is 2.00 bits per heavy atom. The quantitative estimate of drug-likeness (QED) is 0.830. The third kappa shape index (κ3) is 4.43. The van der Waals surface area contributed by atoms with Gasteiger partial charge in [-0.15, -0.1) is 0 Å². The smallest absolute Gasteiger partial charge is 0.123 e. The molecule has 0 aliphatic heterocycles. The fraction of sp³-hybridized carbons (Fsp3) is 0.250. The highest BCUT2D eigenvalue weighted by atomic mass is 19.1. The first-order chi connectivity index (χ1) is 10.0. The van der Waals surface area contributed by atoms with Crippen LogP contribution in [0.4, 0.5) is 14.5 Å². The summed E-state index contributed by atoms with van der Waals surface area (Å²) in [6.07, 6.45) is 0.425. The van der Waals surface area contributed by atoms with Gasteiger partial charge in [-0.2, -0.15) is 10.2 Å². The van der Waals surface area contributed by atoms with Crippen LogP contribution in [0.5, 0.6) is 0 Å². The molecule has 1 N–H and O–H groups in total. The van der Waals surface area contributed by atoms with E-state index in [2.05, 4.69) is 10.2 Å². The Labute approximate surface area is 122 Å². The second-order valence-electron chi connectivity index (χ2n) is 5.13. The summed E-state index contributed by atoms with van der Waals surface area (Å²) in [7, 11) is 0. The van der Waals surface area contributed by atoms with Gasteiger partial charge in [0, 0.05) is 6.42 Å². The van der Waals surface area contributed by atoms with Crippen LogP contribution < -0.4 is 0 Å². The number of nitrogens with zero attached hydrogens (tertiary/aromatic N) is 2. The Bertz CT molecular complexity index is 611. The number of aliphatic hydroxyl groups is 1. The first-order valence-electron chi connectivity index (χ1n) is 6.54. The van der Waals surface area contributed by atoms with Gasteiger partial charge in [-0.25, -0.2) is 8.78 Å². The van der Waals surface area contributed by atoms with Crippen LogP contribution >= 0.6 is 0 Å². The molecular formula is C16H16F2N2O. The molecule has 0 unspecified atom stereocenters.